The van der Waals surface area contributed by atoms with Gasteiger partial charge in [0.05, 0.1) is 0 Å². The summed E-state index contributed by atoms with van der Waals surface area (Å²) >= 11 is 0. The van der Waals surface area contributed by atoms with E-state index in [0.29, 0.717) is 11.5 Å². The molecule has 34 heavy (non-hydrogen) atoms. The van der Waals surface area contributed by atoms with Gasteiger partial charge in [-0.25, -0.2) is 0 Å². The third-order valence-corrected chi connectivity index (χ3v) is 7.74. The first-order valence-corrected chi connectivity index (χ1v) is 14.1. The van der Waals surface area contributed by atoms with Gasteiger partial charge in [-0.1, -0.05) is 104 Å². The van der Waals surface area contributed by atoms with Crippen LogP contribution in [-0.4, -0.2) is 0 Å². The lowest BCUT2D eigenvalue weighted by Gasteiger charge is -2.27. The summed E-state index contributed by atoms with van der Waals surface area (Å²) in [6.07, 6.45) is 9.68. The minimum Gasteiger partial charge on any atom is -0.414 e. The van der Waals surface area contributed by atoms with E-state index in [1.165, 1.54) is 49.7 Å². The molecule has 2 nitrogen and oxygen atoms in total. The van der Waals surface area contributed by atoms with Crippen molar-refractivity contribution in [1.29, 1.82) is 0 Å². The Balaban J connectivity index is 2.03. The summed E-state index contributed by atoms with van der Waals surface area (Å²) < 4.78 is 26.1. The van der Waals surface area contributed by atoms with Gasteiger partial charge in [0.15, 0.2) is 0 Å². The summed E-state index contributed by atoms with van der Waals surface area (Å²) in [6.45, 7) is 17.5. The van der Waals surface area contributed by atoms with Crippen molar-refractivity contribution >= 4 is 8.69 Å². The lowest BCUT2D eigenvalue weighted by atomic mass is 9.79. The average molecular weight is 489 g/mol. The van der Waals surface area contributed by atoms with E-state index in [1.807, 2.05) is 26.0 Å². The first kappa shape index (κ1) is 28.6. The van der Waals surface area contributed by atoms with Crippen molar-refractivity contribution in [2.45, 2.75) is 118 Å². The maximum Gasteiger partial charge on any atom is 0.505 e. The van der Waals surface area contributed by atoms with Crippen LogP contribution < -0.4 is 9.05 Å². The van der Waals surface area contributed by atoms with E-state index in [2.05, 4.69) is 65.8 Å². The van der Waals surface area contributed by atoms with Gasteiger partial charge < -0.3 is 9.05 Å². The van der Waals surface area contributed by atoms with Crippen molar-refractivity contribution in [1.82, 2.24) is 0 Å². The van der Waals surface area contributed by atoms with Gasteiger partial charge in [0.1, 0.15) is 11.5 Å². The number of benzene rings is 2. The van der Waals surface area contributed by atoms with Crippen molar-refractivity contribution in [2.24, 2.45) is 0 Å². The van der Waals surface area contributed by atoms with Gasteiger partial charge in [0.2, 0.25) is 0 Å². The highest BCUT2D eigenvalue weighted by Gasteiger charge is 2.24. The largest absolute Gasteiger partial charge is 0.505 e. The molecule has 0 fully saturated rings. The van der Waals surface area contributed by atoms with Gasteiger partial charge in [0.25, 0.3) is 0 Å². The molecule has 0 amide bonds. The second-order valence-corrected chi connectivity index (χ2v) is 11.8. The van der Waals surface area contributed by atoms with Crippen LogP contribution in [0.3, 0.4) is 0 Å². The summed E-state index contributed by atoms with van der Waals surface area (Å²) in [6, 6.07) is 12.2. The molecule has 2 aromatic rings. The molecule has 0 aromatic heterocycles. The minimum atomic E-state index is -2.56. The SMILES string of the molecule is CCCCCC(C)(C)c1ccc(OP(F)Oc2ccc(C(C)(C)CCCCC)cc2C)c(C)c1. The Morgan fingerprint density at radius 1 is 0.676 bits per heavy atom. The van der Waals surface area contributed by atoms with E-state index >= 15 is 0 Å². The summed E-state index contributed by atoms with van der Waals surface area (Å²) in [5, 5.41) is 0. The summed E-state index contributed by atoms with van der Waals surface area (Å²) in [4.78, 5) is 0. The van der Waals surface area contributed by atoms with Crippen molar-refractivity contribution in [2.75, 3.05) is 0 Å². The number of hydrogen-bond donors (Lipinski definition) is 0. The molecule has 0 saturated heterocycles. The molecule has 4 heteroatoms. The molecule has 0 aliphatic rings. The molecule has 0 bridgehead atoms. The molecule has 0 heterocycles. The predicted octanol–water partition coefficient (Wildman–Crippen LogP) is 10.7. The maximum atomic E-state index is 14.8. The van der Waals surface area contributed by atoms with Crippen molar-refractivity contribution in [3.63, 3.8) is 0 Å². The number of aryl methyl sites for hydroxylation is 2. The van der Waals surface area contributed by atoms with E-state index in [0.717, 1.165) is 24.0 Å². The fourth-order valence-electron chi connectivity index (χ4n) is 4.44. The Labute approximate surface area is 209 Å². The number of halogens is 1. The smallest absolute Gasteiger partial charge is 0.414 e. The van der Waals surface area contributed by atoms with Crippen molar-refractivity contribution in [3.8, 4) is 11.5 Å². The van der Waals surface area contributed by atoms with E-state index in [-0.39, 0.29) is 10.8 Å². The summed E-state index contributed by atoms with van der Waals surface area (Å²) in [7, 11) is -2.56. The van der Waals surface area contributed by atoms with Gasteiger partial charge in [-0.3, -0.25) is 0 Å². The zero-order valence-electron chi connectivity index (χ0n) is 22.8. The first-order chi connectivity index (χ1) is 16.0. The third kappa shape index (κ3) is 8.26. The monoisotopic (exact) mass is 488 g/mol. The van der Waals surface area contributed by atoms with Gasteiger partial charge in [-0.05, 0) is 71.9 Å². The zero-order valence-corrected chi connectivity index (χ0v) is 23.7. The molecular weight excluding hydrogens is 442 g/mol. The zero-order chi connectivity index (χ0) is 25.4. The van der Waals surface area contributed by atoms with E-state index in [9.17, 15) is 4.20 Å². The fourth-order valence-corrected chi connectivity index (χ4v) is 5.20. The Morgan fingerprint density at radius 2 is 1.06 bits per heavy atom. The summed E-state index contributed by atoms with van der Waals surface area (Å²) in [5.74, 6) is 1.10. The molecular formula is C30H46FO2P. The highest BCUT2D eigenvalue weighted by atomic mass is 31.2. The van der Waals surface area contributed by atoms with Gasteiger partial charge in [-0.2, -0.15) is 0 Å². The first-order valence-electron chi connectivity index (χ1n) is 13.0. The average Bonchev–Trinajstić information content (AvgIpc) is 2.76. The molecule has 0 aliphatic carbocycles. The Hall–Kier alpha value is -1.60. The topological polar surface area (TPSA) is 18.5 Å². The van der Waals surface area contributed by atoms with Gasteiger partial charge in [0, 0.05) is 0 Å². The fraction of sp³-hybridized carbons (Fsp3) is 0.600. The quantitative estimate of drug-likeness (QED) is 0.194. The molecule has 2 aromatic carbocycles. The molecule has 190 valence electrons. The summed E-state index contributed by atoms with van der Waals surface area (Å²) in [5.41, 5.74) is 4.61. The highest BCUT2D eigenvalue weighted by molar-refractivity contribution is 7.42. The van der Waals surface area contributed by atoms with E-state index in [4.69, 9.17) is 9.05 Å². The van der Waals surface area contributed by atoms with E-state index < -0.39 is 8.69 Å². The van der Waals surface area contributed by atoms with Crippen LogP contribution in [-0.2, 0) is 10.8 Å². The molecule has 0 spiro atoms. The second-order valence-electron chi connectivity index (χ2n) is 11.0. The van der Waals surface area contributed by atoms with Gasteiger partial charge in [-0.15, -0.1) is 4.20 Å². The van der Waals surface area contributed by atoms with Crippen molar-refractivity contribution < 1.29 is 13.2 Å². The number of unbranched alkanes of at least 4 members (excludes halogenated alkanes) is 4. The number of hydrogen-bond acceptors (Lipinski definition) is 2. The second kappa shape index (κ2) is 12.9. The van der Waals surface area contributed by atoms with Crippen LogP contribution in [0.25, 0.3) is 0 Å². The van der Waals surface area contributed by atoms with Crippen LogP contribution in [0.2, 0.25) is 0 Å². The lowest BCUT2D eigenvalue weighted by molar-refractivity contribution is 0.431. The third-order valence-electron chi connectivity index (χ3n) is 7.06. The molecule has 2 rings (SSSR count). The van der Waals surface area contributed by atoms with Crippen LogP contribution in [0.4, 0.5) is 4.20 Å². The van der Waals surface area contributed by atoms with Crippen LogP contribution in [0.5, 0.6) is 11.5 Å². The minimum absolute atomic E-state index is 0.0958. The maximum absolute atomic E-state index is 14.8. The molecule has 0 aliphatic heterocycles. The van der Waals surface area contributed by atoms with Crippen LogP contribution in [0.1, 0.15) is 115 Å². The Bertz CT molecular complexity index is 833. The van der Waals surface area contributed by atoms with Crippen LogP contribution >= 0.6 is 8.69 Å². The van der Waals surface area contributed by atoms with Crippen LogP contribution in [0, 0.1) is 13.8 Å². The van der Waals surface area contributed by atoms with Crippen LogP contribution in [0.15, 0.2) is 36.4 Å². The van der Waals surface area contributed by atoms with E-state index in [1.54, 1.807) is 0 Å². The highest BCUT2D eigenvalue weighted by Crippen LogP contribution is 2.45. The Morgan fingerprint density at radius 3 is 1.38 bits per heavy atom. The standard InChI is InChI=1S/C30H46FO2P/c1-9-11-13-19-29(5,6)25-15-17-27(23(3)21-25)32-34(31)33-28-18-16-26(22-24(28)4)30(7,8)20-14-12-10-2/h15-18,21-22H,9-14,19-20H2,1-8H3. The number of rotatable bonds is 14. The molecule has 0 N–H and O–H groups in total. The van der Waals surface area contributed by atoms with Gasteiger partial charge >= 0.3 is 8.69 Å². The predicted molar refractivity (Wildman–Crippen MR) is 146 cm³/mol. The van der Waals surface area contributed by atoms with Crippen molar-refractivity contribution in [3.05, 3.63) is 58.7 Å². The molecule has 0 saturated carbocycles. The molecule has 0 atom stereocenters. The molecule has 0 radical (unpaired) electrons. The molecule has 0 unspecified atom stereocenters. The normalized spacial score (nSPS) is 12.3. The Kier molecular flexibility index (Phi) is 10.9. The lowest BCUT2D eigenvalue weighted by Crippen LogP contribution is -2.17.